The van der Waals surface area contributed by atoms with Crippen LogP contribution in [-0.2, 0) is 0 Å². The number of fused-ring (bicyclic) bond motifs is 6. The summed E-state index contributed by atoms with van der Waals surface area (Å²) in [7, 11) is 0. The molecule has 0 aliphatic heterocycles. The Kier molecular flexibility index (Phi) is 3.67. The molecule has 29 heavy (non-hydrogen) atoms. The Morgan fingerprint density at radius 1 is 0.621 bits per heavy atom. The summed E-state index contributed by atoms with van der Waals surface area (Å²) in [4.78, 5) is 2.64. The maximum atomic E-state index is 4.61. The second kappa shape index (κ2) is 6.08. The lowest BCUT2D eigenvalue weighted by molar-refractivity contribution is 1.48. The molecule has 0 radical (unpaired) electrons. The molecule has 2 nitrogen and oxygen atoms in total. The highest BCUT2D eigenvalue weighted by Crippen LogP contribution is 2.44. The van der Waals surface area contributed by atoms with Gasteiger partial charge < -0.3 is 0 Å². The molecular weight excluding hydrogens is 412 g/mol. The Bertz CT molecular complexity index is 1600. The average Bonchev–Trinajstić information content (AvgIpc) is 3.41. The summed E-state index contributed by atoms with van der Waals surface area (Å²) in [6.07, 6.45) is 0. The van der Waals surface area contributed by atoms with Crippen molar-refractivity contribution in [3.05, 3.63) is 58.0 Å². The zero-order valence-electron chi connectivity index (χ0n) is 16.6. The Morgan fingerprint density at radius 2 is 1.28 bits per heavy atom. The number of aryl methyl sites for hydroxylation is 4. The fourth-order valence-electron chi connectivity index (χ4n) is 4.38. The van der Waals surface area contributed by atoms with E-state index in [1.165, 1.54) is 74.7 Å². The van der Waals surface area contributed by atoms with Gasteiger partial charge in [0.1, 0.15) is 11.0 Å². The fraction of sp³-hybridized carbons (Fsp3) is 0.167. The molecule has 142 valence electrons. The number of benzene rings is 3. The SMILES string of the molecule is Cc1cc2c(s1)c(C)cc1c3cc(-c4ccc(C)c5nsnc45)sc3c(C)cc21. The maximum Gasteiger partial charge on any atom is 0.113 e. The summed E-state index contributed by atoms with van der Waals surface area (Å²) in [6, 6.07) is 13.8. The van der Waals surface area contributed by atoms with Crippen molar-refractivity contribution in [2.45, 2.75) is 27.7 Å². The van der Waals surface area contributed by atoms with Gasteiger partial charge in [0.15, 0.2) is 0 Å². The number of aromatic nitrogens is 2. The zero-order chi connectivity index (χ0) is 19.9. The van der Waals surface area contributed by atoms with Gasteiger partial charge in [0.2, 0.25) is 0 Å². The van der Waals surface area contributed by atoms with E-state index in [2.05, 4.69) is 72.8 Å². The van der Waals surface area contributed by atoms with Gasteiger partial charge in [0, 0.05) is 35.5 Å². The van der Waals surface area contributed by atoms with Crippen LogP contribution in [0, 0.1) is 27.7 Å². The molecule has 0 unspecified atom stereocenters. The quantitative estimate of drug-likeness (QED) is 0.263. The molecule has 5 heteroatoms. The van der Waals surface area contributed by atoms with Crippen LogP contribution in [0.2, 0.25) is 0 Å². The van der Waals surface area contributed by atoms with Crippen LogP contribution < -0.4 is 0 Å². The number of hydrogen-bond donors (Lipinski definition) is 0. The molecule has 0 N–H and O–H groups in total. The Hall–Kier alpha value is -2.34. The van der Waals surface area contributed by atoms with E-state index < -0.39 is 0 Å². The van der Waals surface area contributed by atoms with Gasteiger partial charge in [-0.2, -0.15) is 8.75 Å². The van der Waals surface area contributed by atoms with E-state index in [1.807, 2.05) is 22.7 Å². The first-order valence-corrected chi connectivity index (χ1v) is 12.0. The maximum absolute atomic E-state index is 4.61. The summed E-state index contributed by atoms with van der Waals surface area (Å²) in [5.74, 6) is 0. The lowest BCUT2D eigenvalue weighted by atomic mass is 9.98. The summed E-state index contributed by atoms with van der Waals surface area (Å²) in [6.45, 7) is 8.78. The minimum absolute atomic E-state index is 1.02. The minimum atomic E-state index is 1.02. The van der Waals surface area contributed by atoms with Gasteiger partial charge >= 0.3 is 0 Å². The molecule has 0 aliphatic carbocycles. The average molecular weight is 431 g/mol. The summed E-state index contributed by atoms with van der Waals surface area (Å²) >= 11 is 5.07. The third-order valence-electron chi connectivity index (χ3n) is 5.78. The first-order valence-electron chi connectivity index (χ1n) is 9.60. The lowest BCUT2D eigenvalue weighted by Gasteiger charge is -2.07. The molecule has 0 saturated heterocycles. The second-order valence-electron chi connectivity index (χ2n) is 7.83. The smallest absolute Gasteiger partial charge is 0.113 e. The van der Waals surface area contributed by atoms with Crippen molar-refractivity contribution in [2.75, 3.05) is 0 Å². The minimum Gasteiger partial charge on any atom is -0.173 e. The van der Waals surface area contributed by atoms with Gasteiger partial charge in [0.25, 0.3) is 0 Å². The molecule has 0 fully saturated rings. The molecule has 0 bridgehead atoms. The summed E-state index contributed by atoms with van der Waals surface area (Å²) < 4.78 is 11.9. The van der Waals surface area contributed by atoms with Crippen molar-refractivity contribution in [1.29, 1.82) is 0 Å². The molecule has 0 amide bonds. The zero-order valence-corrected chi connectivity index (χ0v) is 19.0. The van der Waals surface area contributed by atoms with Crippen molar-refractivity contribution in [1.82, 2.24) is 8.75 Å². The van der Waals surface area contributed by atoms with E-state index in [-0.39, 0.29) is 0 Å². The van der Waals surface area contributed by atoms with Crippen molar-refractivity contribution in [3.8, 4) is 10.4 Å². The molecule has 6 aromatic rings. The van der Waals surface area contributed by atoms with Crippen LogP contribution in [0.3, 0.4) is 0 Å². The van der Waals surface area contributed by atoms with E-state index in [1.54, 1.807) is 0 Å². The predicted molar refractivity (Wildman–Crippen MR) is 130 cm³/mol. The summed E-state index contributed by atoms with van der Waals surface area (Å²) in [5.41, 5.74) is 7.14. The van der Waals surface area contributed by atoms with Crippen LogP contribution >= 0.6 is 34.4 Å². The third kappa shape index (κ3) is 2.44. The molecule has 0 saturated carbocycles. The van der Waals surface area contributed by atoms with Crippen molar-refractivity contribution in [2.24, 2.45) is 0 Å². The van der Waals surface area contributed by atoms with Crippen LogP contribution in [0.15, 0.2) is 36.4 Å². The Balaban J connectivity index is 1.73. The highest BCUT2D eigenvalue weighted by Gasteiger charge is 2.17. The van der Waals surface area contributed by atoms with Gasteiger partial charge in [-0.1, -0.05) is 12.1 Å². The largest absolute Gasteiger partial charge is 0.173 e. The van der Waals surface area contributed by atoms with Crippen LogP contribution in [0.4, 0.5) is 0 Å². The van der Waals surface area contributed by atoms with E-state index in [9.17, 15) is 0 Å². The van der Waals surface area contributed by atoms with Crippen LogP contribution in [0.1, 0.15) is 21.6 Å². The highest BCUT2D eigenvalue weighted by atomic mass is 32.1. The van der Waals surface area contributed by atoms with Crippen LogP contribution in [0.25, 0.3) is 52.4 Å². The third-order valence-corrected chi connectivity index (χ3v) is 8.80. The second-order valence-corrected chi connectivity index (χ2v) is 10.7. The lowest BCUT2D eigenvalue weighted by Crippen LogP contribution is -1.82. The number of thiophene rings is 2. The number of hydrogen-bond acceptors (Lipinski definition) is 5. The monoisotopic (exact) mass is 430 g/mol. The van der Waals surface area contributed by atoms with Gasteiger partial charge in [0.05, 0.1) is 11.7 Å². The fourth-order valence-corrected chi connectivity index (χ4v) is 7.17. The molecule has 3 heterocycles. The van der Waals surface area contributed by atoms with Crippen molar-refractivity contribution in [3.63, 3.8) is 0 Å². The van der Waals surface area contributed by atoms with Gasteiger partial charge in [-0.05, 0) is 79.4 Å². The van der Waals surface area contributed by atoms with Gasteiger partial charge in [-0.25, -0.2) is 0 Å². The van der Waals surface area contributed by atoms with Crippen molar-refractivity contribution < 1.29 is 0 Å². The molecule has 0 spiro atoms. The van der Waals surface area contributed by atoms with E-state index >= 15 is 0 Å². The van der Waals surface area contributed by atoms with Gasteiger partial charge in [-0.15, -0.1) is 22.7 Å². The summed E-state index contributed by atoms with van der Waals surface area (Å²) in [5, 5.41) is 5.47. The first kappa shape index (κ1) is 17.5. The van der Waals surface area contributed by atoms with Crippen LogP contribution in [0.5, 0.6) is 0 Å². The topological polar surface area (TPSA) is 25.8 Å². The molecule has 6 rings (SSSR count). The standard InChI is InChI=1S/C24H18N2S3/c1-11-5-6-15(22-21(11)25-29-26-22)20-10-19-17-7-12(2)23-18(9-14(4)27-23)16(17)8-13(3)24(19)28-20/h5-10H,1-4H3. The molecule has 0 aliphatic rings. The van der Waals surface area contributed by atoms with Gasteiger partial charge in [-0.3, -0.25) is 0 Å². The Morgan fingerprint density at radius 3 is 2.03 bits per heavy atom. The first-order chi connectivity index (χ1) is 14.0. The van der Waals surface area contributed by atoms with E-state index in [0.717, 1.165) is 11.0 Å². The predicted octanol–water partition coefficient (Wildman–Crippen LogP) is 8.17. The van der Waals surface area contributed by atoms with E-state index in [0.29, 0.717) is 0 Å². The van der Waals surface area contributed by atoms with Crippen LogP contribution in [-0.4, -0.2) is 8.75 Å². The molecule has 3 aromatic heterocycles. The molecule has 0 atom stereocenters. The number of nitrogens with zero attached hydrogens (tertiary/aromatic N) is 2. The normalized spacial score (nSPS) is 12.1. The van der Waals surface area contributed by atoms with E-state index in [4.69, 9.17) is 0 Å². The van der Waals surface area contributed by atoms with Crippen molar-refractivity contribution >= 4 is 76.4 Å². The molecule has 3 aromatic carbocycles. The number of rotatable bonds is 1. The highest BCUT2D eigenvalue weighted by molar-refractivity contribution is 7.22. The Labute approximate surface area is 180 Å². The molecular formula is C24H18N2S3.